The molecule has 8 nitrogen and oxygen atoms in total. The summed E-state index contributed by atoms with van der Waals surface area (Å²) >= 11 is 6.42. The van der Waals surface area contributed by atoms with E-state index >= 15 is 0 Å². The van der Waals surface area contributed by atoms with Gasteiger partial charge in [0.2, 0.25) is 0 Å². The highest BCUT2D eigenvalue weighted by molar-refractivity contribution is 6.31. The van der Waals surface area contributed by atoms with Crippen LogP contribution in [0.25, 0.3) is 0 Å². The molecule has 9 heteroatoms. The van der Waals surface area contributed by atoms with E-state index in [0.717, 1.165) is 23.3 Å². The third kappa shape index (κ3) is 5.54. The smallest absolute Gasteiger partial charge is 0.311 e. The van der Waals surface area contributed by atoms with Crippen molar-refractivity contribution in [1.82, 2.24) is 0 Å². The van der Waals surface area contributed by atoms with Gasteiger partial charge < -0.3 is 34.6 Å². The predicted molar refractivity (Wildman–Crippen MR) is 123 cm³/mol. The molecular weight excluding hydrogens is 464 g/mol. The highest BCUT2D eigenvalue weighted by Crippen LogP contribution is 2.35. The molecule has 0 saturated carbocycles. The Hall–Kier alpha value is -2.20. The molecule has 0 aromatic heterocycles. The van der Waals surface area contributed by atoms with Crippen molar-refractivity contribution >= 4 is 17.6 Å². The number of ether oxygens (including phenoxy) is 3. The van der Waals surface area contributed by atoms with Crippen molar-refractivity contribution in [2.24, 2.45) is 5.92 Å². The van der Waals surface area contributed by atoms with Gasteiger partial charge in [-0.15, -0.1) is 0 Å². The average Bonchev–Trinajstić information content (AvgIpc) is 3.33. The number of aliphatic carboxylic acids is 1. The van der Waals surface area contributed by atoms with Crippen LogP contribution >= 0.6 is 11.6 Å². The summed E-state index contributed by atoms with van der Waals surface area (Å²) < 4.78 is 16.6. The third-order valence-corrected chi connectivity index (χ3v) is 6.85. The van der Waals surface area contributed by atoms with Crippen LogP contribution in [0.1, 0.15) is 29.0 Å². The summed E-state index contributed by atoms with van der Waals surface area (Å²) in [4.78, 5) is 12.2. The van der Waals surface area contributed by atoms with Crippen LogP contribution in [0.5, 0.6) is 5.75 Å². The first kappa shape index (κ1) is 24.9. The minimum Gasteiger partial charge on any atom is -0.488 e. The molecule has 0 aliphatic carbocycles. The molecule has 4 N–H and O–H groups in total. The number of hydrogen-bond donors (Lipinski definition) is 4. The van der Waals surface area contributed by atoms with Crippen LogP contribution in [0.2, 0.25) is 5.02 Å². The molecule has 2 aromatic carbocycles. The molecule has 4 rings (SSSR count). The number of benzene rings is 2. The minimum absolute atomic E-state index is 0.0650. The normalized spacial score (nSPS) is 27.9. The molecule has 0 spiro atoms. The fourth-order valence-corrected chi connectivity index (χ4v) is 4.74. The monoisotopic (exact) mass is 492 g/mol. The highest BCUT2D eigenvalue weighted by atomic mass is 35.5. The molecule has 2 heterocycles. The van der Waals surface area contributed by atoms with E-state index in [1.165, 1.54) is 0 Å². The first-order valence-electron chi connectivity index (χ1n) is 11.3. The third-order valence-electron chi connectivity index (χ3n) is 6.48. The van der Waals surface area contributed by atoms with Crippen molar-refractivity contribution in [2.75, 3.05) is 26.4 Å². The molecule has 2 aromatic rings. The Kier molecular flexibility index (Phi) is 8.08. The van der Waals surface area contributed by atoms with Crippen LogP contribution in [0.15, 0.2) is 42.5 Å². The summed E-state index contributed by atoms with van der Waals surface area (Å²) in [6.07, 6.45) is -2.28. The topological polar surface area (TPSA) is 126 Å². The van der Waals surface area contributed by atoms with Gasteiger partial charge in [-0.1, -0.05) is 35.9 Å². The maximum atomic E-state index is 12.2. The van der Waals surface area contributed by atoms with E-state index in [0.29, 0.717) is 30.2 Å². The SMILES string of the molecule is O=C(O)[C@H](c1ccc(Cl)c(Cc2ccc(OC3CCOC3)cc2)c1)[C@@H]1CO[C@H](CO)[C@@H](O)[C@H]1O. The minimum atomic E-state index is -1.38. The fourth-order valence-electron chi connectivity index (χ4n) is 4.56. The van der Waals surface area contributed by atoms with Crippen LogP contribution in [0.3, 0.4) is 0 Å². The zero-order chi connectivity index (χ0) is 24.2. The van der Waals surface area contributed by atoms with Crippen LogP contribution in [0, 0.1) is 5.92 Å². The fraction of sp³-hybridized carbons (Fsp3) is 0.480. The summed E-state index contributed by atoms with van der Waals surface area (Å²) in [7, 11) is 0. The van der Waals surface area contributed by atoms with Crippen molar-refractivity contribution in [3.8, 4) is 5.75 Å². The Labute approximate surface area is 202 Å². The number of aliphatic hydroxyl groups is 3. The van der Waals surface area contributed by atoms with Gasteiger partial charge in [0.15, 0.2) is 0 Å². The lowest BCUT2D eigenvalue weighted by Gasteiger charge is -2.39. The summed E-state index contributed by atoms with van der Waals surface area (Å²) in [5, 5.41) is 40.5. The van der Waals surface area contributed by atoms with E-state index in [9.17, 15) is 25.2 Å². The Morgan fingerprint density at radius 3 is 2.53 bits per heavy atom. The van der Waals surface area contributed by atoms with Gasteiger partial charge in [-0.05, 0) is 41.3 Å². The average molecular weight is 493 g/mol. The van der Waals surface area contributed by atoms with Crippen molar-refractivity contribution < 1.29 is 39.4 Å². The van der Waals surface area contributed by atoms with Gasteiger partial charge in [0, 0.05) is 17.4 Å². The van der Waals surface area contributed by atoms with E-state index in [-0.39, 0.29) is 12.7 Å². The molecule has 2 fully saturated rings. The Bertz CT molecular complexity index is 975. The maximum absolute atomic E-state index is 12.2. The lowest BCUT2D eigenvalue weighted by atomic mass is 9.78. The van der Waals surface area contributed by atoms with Gasteiger partial charge in [0.25, 0.3) is 0 Å². The van der Waals surface area contributed by atoms with Gasteiger partial charge in [-0.2, -0.15) is 0 Å². The van der Waals surface area contributed by atoms with Crippen molar-refractivity contribution in [1.29, 1.82) is 0 Å². The molecule has 2 aliphatic rings. The van der Waals surface area contributed by atoms with Gasteiger partial charge in [-0.25, -0.2) is 0 Å². The number of carboxylic acid groups (broad SMARTS) is 1. The lowest BCUT2D eigenvalue weighted by Crippen LogP contribution is -2.53. The van der Waals surface area contributed by atoms with E-state index in [1.54, 1.807) is 18.2 Å². The molecule has 2 saturated heterocycles. The molecule has 184 valence electrons. The molecular formula is C25H29ClO8. The van der Waals surface area contributed by atoms with Crippen LogP contribution in [0.4, 0.5) is 0 Å². The molecule has 2 aliphatic heterocycles. The summed E-state index contributed by atoms with van der Waals surface area (Å²) in [6.45, 7) is 0.727. The Morgan fingerprint density at radius 1 is 1.12 bits per heavy atom. The second-order valence-electron chi connectivity index (χ2n) is 8.79. The highest BCUT2D eigenvalue weighted by Gasteiger charge is 2.44. The number of carboxylic acids is 1. The summed E-state index contributed by atoms with van der Waals surface area (Å²) in [5.41, 5.74) is 2.17. The number of halogens is 1. The Balaban J connectivity index is 1.51. The Morgan fingerprint density at radius 2 is 1.88 bits per heavy atom. The first-order chi connectivity index (χ1) is 16.4. The van der Waals surface area contributed by atoms with Gasteiger partial charge in [-0.3, -0.25) is 4.79 Å². The van der Waals surface area contributed by atoms with Gasteiger partial charge in [0.1, 0.15) is 24.1 Å². The zero-order valence-corrected chi connectivity index (χ0v) is 19.3. The van der Waals surface area contributed by atoms with Crippen LogP contribution in [-0.4, -0.2) is 77.2 Å². The number of aliphatic hydroxyl groups excluding tert-OH is 3. The lowest BCUT2D eigenvalue weighted by molar-refractivity contribution is -0.184. The summed E-state index contributed by atoms with van der Waals surface area (Å²) in [5.74, 6) is -2.39. The number of hydrogen-bond acceptors (Lipinski definition) is 7. The van der Waals surface area contributed by atoms with E-state index in [2.05, 4.69) is 0 Å². The molecule has 0 amide bonds. The second-order valence-corrected chi connectivity index (χ2v) is 9.20. The predicted octanol–water partition coefficient (Wildman–Crippen LogP) is 2.00. The molecule has 1 unspecified atom stereocenters. The molecule has 0 radical (unpaired) electrons. The van der Waals surface area contributed by atoms with Crippen molar-refractivity contribution in [3.63, 3.8) is 0 Å². The van der Waals surface area contributed by atoms with E-state index in [1.807, 2.05) is 24.3 Å². The maximum Gasteiger partial charge on any atom is 0.311 e. The van der Waals surface area contributed by atoms with Crippen molar-refractivity contribution in [3.05, 3.63) is 64.2 Å². The zero-order valence-electron chi connectivity index (χ0n) is 18.5. The summed E-state index contributed by atoms with van der Waals surface area (Å²) in [6, 6.07) is 12.6. The molecule has 6 atom stereocenters. The van der Waals surface area contributed by atoms with Crippen LogP contribution < -0.4 is 4.74 Å². The number of rotatable bonds is 8. The van der Waals surface area contributed by atoms with Gasteiger partial charge >= 0.3 is 5.97 Å². The van der Waals surface area contributed by atoms with Gasteiger partial charge in [0.05, 0.1) is 38.4 Å². The largest absolute Gasteiger partial charge is 0.488 e. The second kappa shape index (κ2) is 11.0. The molecule has 34 heavy (non-hydrogen) atoms. The first-order valence-corrected chi connectivity index (χ1v) is 11.7. The van der Waals surface area contributed by atoms with Crippen molar-refractivity contribution in [2.45, 2.75) is 43.2 Å². The standard InChI is InChI=1S/C25H29ClO8/c26-20-6-3-15(22(25(30)31)19-13-33-21(11-27)24(29)23(19)28)10-16(20)9-14-1-4-17(5-2-14)34-18-7-8-32-12-18/h1-6,10,18-19,21-24,27-29H,7-9,11-13H2,(H,30,31)/t18?,19-,21+,22+,23-,24+/m0/s1. The number of carbonyl (C=O) groups is 1. The van der Waals surface area contributed by atoms with E-state index in [4.69, 9.17) is 25.8 Å². The van der Waals surface area contributed by atoms with Crippen LogP contribution in [-0.2, 0) is 20.7 Å². The molecule has 0 bridgehead atoms. The quantitative estimate of drug-likeness (QED) is 0.441. The van der Waals surface area contributed by atoms with E-state index < -0.39 is 42.7 Å².